The van der Waals surface area contributed by atoms with Crippen LogP contribution in [0.4, 0.5) is 0 Å². The van der Waals surface area contributed by atoms with E-state index in [1.807, 2.05) is 23.5 Å². The fraction of sp³-hybridized carbons (Fsp3) is 0.444. The third kappa shape index (κ3) is 3.68. The molecule has 0 amide bonds. The van der Waals surface area contributed by atoms with Crippen molar-refractivity contribution in [2.24, 2.45) is 5.92 Å². The highest BCUT2D eigenvalue weighted by atomic mass is 35.5. The van der Waals surface area contributed by atoms with Crippen LogP contribution >= 0.6 is 22.9 Å². The first-order chi connectivity index (χ1) is 10.2. The SMILES string of the molecule is Cc1cc(Cl)ccc1CNC(c1cccs1)C1CCCC1. The van der Waals surface area contributed by atoms with Crippen molar-refractivity contribution in [3.63, 3.8) is 0 Å². The zero-order valence-corrected chi connectivity index (χ0v) is 14.0. The summed E-state index contributed by atoms with van der Waals surface area (Å²) in [5.74, 6) is 0.788. The Labute approximate surface area is 136 Å². The smallest absolute Gasteiger partial charge is 0.0446 e. The molecule has 1 unspecified atom stereocenters. The number of nitrogens with one attached hydrogen (secondary N) is 1. The van der Waals surface area contributed by atoms with E-state index in [1.54, 1.807) is 0 Å². The van der Waals surface area contributed by atoms with Gasteiger partial charge in [0.05, 0.1) is 0 Å². The van der Waals surface area contributed by atoms with Crippen LogP contribution in [-0.4, -0.2) is 0 Å². The molecule has 1 nitrogen and oxygen atoms in total. The van der Waals surface area contributed by atoms with E-state index in [4.69, 9.17) is 11.6 Å². The van der Waals surface area contributed by atoms with E-state index in [0.29, 0.717) is 6.04 Å². The van der Waals surface area contributed by atoms with Crippen LogP contribution < -0.4 is 5.32 Å². The maximum absolute atomic E-state index is 6.05. The first-order valence-electron chi connectivity index (χ1n) is 7.76. The molecule has 1 atom stereocenters. The molecule has 1 heterocycles. The molecule has 0 saturated heterocycles. The van der Waals surface area contributed by atoms with Gasteiger partial charge in [-0.2, -0.15) is 0 Å². The number of halogens is 1. The summed E-state index contributed by atoms with van der Waals surface area (Å²) in [6, 6.07) is 11.1. The lowest BCUT2D eigenvalue weighted by Crippen LogP contribution is -2.26. The molecule has 3 rings (SSSR count). The van der Waals surface area contributed by atoms with Gasteiger partial charge in [0.25, 0.3) is 0 Å². The molecule has 1 aromatic heterocycles. The van der Waals surface area contributed by atoms with Crippen molar-refractivity contribution in [1.29, 1.82) is 0 Å². The van der Waals surface area contributed by atoms with Gasteiger partial charge in [-0.05, 0) is 60.4 Å². The molecule has 1 N–H and O–H groups in total. The summed E-state index contributed by atoms with van der Waals surface area (Å²) in [6.45, 7) is 3.06. The molecule has 1 fully saturated rings. The highest BCUT2D eigenvalue weighted by Gasteiger charge is 2.26. The van der Waals surface area contributed by atoms with E-state index in [0.717, 1.165) is 17.5 Å². The van der Waals surface area contributed by atoms with Crippen LogP contribution in [0.25, 0.3) is 0 Å². The Bertz CT molecular complexity index is 573. The Morgan fingerprint density at radius 1 is 1.29 bits per heavy atom. The molecule has 3 heteroatoms. The zero-order chi connectivity index (χ0) is 14.7. The second kappa shape index (κ2) is 6.95. The number of hydrogen-bond donors (Lipinski definition) is 1. The molecule has 1 saturated carbocycles. The molecule has 2 aromatic rings. The second-order valence-corrected chi connectivity index (χ2v) is 7.41. The van der Waals surface area contributed by atoms with Crippen LogP contribution in [0, 0.1) is 12.8 Å². The molecular formula is C18H22ClNS. The number of thiophene rings is 1. The van der Waals surface area contributed by atoms with Gasteiger partial charge in [-0.1, -0.05) is 36.6 Å². The Balaban J connectivity index is 1.72. The lowest BCUT2D eigenvalue weighted by molar-refractivity contribution is 0.370. The summed E-state index contributed by atoms with van der Waals surface area (Å²) in [5.41, 5.74) is 2.62. The van der Waals surface area contributed by atoms with Gasteiger partial charge in [0.2, 0.25) is 0 Å². The molecule has 21 heavy (non-hydrogen) atoms. The van der Waals surface area contributed by atoms with Crippen LogP contribution in [0.15, 0.2) is 35.7 Å². The zero-order valence-electron chi connectivity index (χ0n) is 12.4. The quantitative estimate of drug-likeness (QED) is 0.742. The van der Waals surface area contributed by atoms with Crippen LogP contribution in [0.1, 0.15) is 47.7 Å². The van der Waals surface area contributed by atoms with Gasteiger partial charge in [0.1, 0.15) is 0 Å². The molecule has 112 valence electrons. The van der Waals surface area contributed by atoms with Crippen LogP contribution in [0.2, 0.25) is 5.02 Å². The Morgan fingerprint density at radius 3 is 2.76 bits per heavy atom. The standard InChI is InChI=1S/C18H22ClNS/c1-13-11-16(19)9-8-15(13)12-20-18(14-5-2-3-6-14)17-7-4-10-21-17/h4,7-11,14,18,20H,2-3,5-6,12H2,1H3. The van der Waals surface area contributed by atoms with E-state index in [1.165, 1.54) is 41.7 Å². The maximum Gasteiger partial charge on any atom is 0.0446 e. The van der Waals surface area contributed by atoms with Gasteiger partial charge in [0, 0.05) is 22.5 Å². The third-order valence-electron chi connectivity index (χ3n) is 4.54. The second-order valence-electron chi connectivity index (χ2n) is 5.99. The summed E-state index contributed by atoms with van der Waals surface area (Å²) in [6.07, 6.45) is 5.48. The van der Waals surface area contributed by atoms with Crippen molar-refractivity contribution < 1.29 is 0 Å². The predicted molar refractivity (Wildman–Crippen MR) is 92.0 cm³/mol. The highest BCUT2D eigenvalue weighted by molar-refractivity contribution is 7.10. The summed E-state index contributed by atoms with van der Waals surface area (Å²) in [4.78, 5) is 1.48. The van der Waals surface area contributed by atoms with E-state index in [-0.39, 0.29) is 0 Å². The van der Waals surface area contributed by atoms with Crippen molar-refractivity contribution in [1.82, 2.24) is 5.32 Å². The van der Waals surface area contributed by atoms with Gasteiger partial charge in [-0.25, -0.2) is 0 Å². The van der Waals surface area contributed by atoms with Crippen LogP contribution in [0.3, 0.4) is 0 Å². The Morgan fingerprint density at radius 2 is 2.10 bits per heavy atom. The van der Waals surface area contributed by atoms with E-state index >= 15 is 0 Å². The normalized spacial score (nSPS) is 17.2. The van der Waals surface area contributed by atoms with Crippen LogP contribution in [-0.2, 0) is 6.54 Å². The van der Waals surface area contributed by atoms with Crippen molar-refractivity contribution >= 4 is 22.9 Å². The lowest BCUT2D eigenvalue weighted by Gasteiger charge is -2.24. The molecule has 0 spiro atoms. The molecule has 0 radical (unpaired) electrons. The van der Waals surface area contributed by atoms with Gasteiger partial charge in [0.15, 0.2) is 0 Å². The predicted octanol–water partition coefficient (Wildman–Crippen LogP) is 5.73. The lowest BCUT2D eigenvalue weighted by atomic mass is 9.96. The number of aryl methyl sites for hydroxylation is 1. The number of hydrogen-bond acceptors (Lipinski definition) is 2. The summed E-state index contributed by atoms with van der Waals surface area (Å²) in [7, 11) is 0. The Hall–Kier alpha value is -0.830. The monoisotopic (exact) mass is 319 g/mol. The Kier molecular flexibility index (Phi) is 4.99. The minimum atomic E-state index is 0.502. The summed E-state index contributed by atoms with van der Waals surface area (Å²) >= 11 is 7.92. The van der Waals surface area contributed by atoms with Crippen LogP contribution in [0.5, 0.6) is 0 Å². The average Bonchev–Trinajstić information content (AvgIpc) is 3.14. The topological polar surface area (TPSA) is 12.0 Å². The third-order valence-corrected chi connectivity index (χ3v) is 5.73. The molecule has 1 aliphatic carbocycles. The van der Waals surface area contributed by atoms with Gasteiger partial charge < -0.3 is 5.32 Å². The van der Waals surface area contributed by atoms with Gasteiger partial charge in [-0.15, -0.1) is 11.3 Å². The van der Waals surface area contributed by atoms with Crippen molar-refractivity contribution in [2.45, 2.75) is 45.2 Å². The highest BCUT2D eigenvalue weighted by Crippen LogP contribution is 2.37. The molecule has 0 bridgehead atoms. The van der Waals surface area contributed by atoms with Gasteiger partial charge >= 0.3 is 0 Å². The first-order valence-corrected chi connectivity index (χ1v) is 9.01. The summed E-state index contributed by atoms with van der Waals surface area (Å²) in [5, 5.41) is 6.82. The largest absolute Gasteiger partial charge is 0.305 e. The average molecular weight is 320 g/mol. The van der Waals surface area contributed by atoms with E-state index < -0.39 is 0 Å². The molecule has 0 aliphatic heterocycles. The fourth-order valence-corrected chi connectivity index (χ4v) is 4.46. The van der Waals surface area contributed by atoms with E-state index in [9.17, 15) is 0 Å². The first kappa shape index (κ1) is 15.1. The molecular weight excluding hydrogens is 298 g/mol. The minimum absolute atomic E-state index is 0.502. The number of benzene rings is 1. The van der Waals surface area contributed by atoms with Crippen molar-refractivity contribution in [2.75, 3.05) is 0 Å². The fourth-order valence-electron chi connectivity index (χ4n) is 3.34. The van der Waals surface area contributed by atoms with Crippen molar-refractivity contribution in [3.05, 3.63) is 56.7 Å². The molecule has 1 aromatic carbocycles. The van der Waals surface area contributed by atoms with Gasteiger partial charge in [-0.3, -0.25) is 0 Å². The minimum Gasteiger partial charge on any atom is -0.305 e. The molecule has 1 aliphatic rings. The maximum atomic E-state index is 6.05. The van der Waals surface area contributed by atoms with Crippen molar-refractivity contribution in [3.8, 4) is 0 Å². The summed E-state index contributed by atoms with van der Waals surface area (Å²) < 4.78 is 0. The van der Waals surface area contributed by atoms with E-state index in [2.05, 4.69) is 35.8 Å². The number of rotatable bonds is 5.